The van der Waals surface area contributed by atoms with Crippen LogP contribution in [0, 0.1) is 10.1 Å². The van der Waals surface area contributed by atoms with Crippen LogP contribution in [0.1, 0.15) is 18.4 Å². The van der Waals surface area contributed by atoms with Gasteiger partial charge in [-0.2, -0.15) is 0 Å². The molecule has 0 aliphatic heterocycles. The van der Waals surface area contributed by atoms with Gasteiger partial charge in [0.15, 0.2) is 0 Å². The highest BCUT2D eigenvalue weighted by atomic mass is 16.7. The summed E-state index contributed by atoms with van der Waals surface area (Å²) in [4.78, 5) is 21.6. The maximum atomic E-state index is 11.5. The predicted molar refractivity (Wildman–Crippen MR) is 91.0 cm³/mol. The summed E-state index contributed by atoms with van der Waals surface area (Å²) >= 11 is 0. The van der Waals surface area contributed by atoms with Crippen LogP contribution in [0.15, 0.2) is 48.5 Å². The second-order valence-corrected chi connectivity index (χ2v) is 5.26. The second-order valence-electron chi connectivity index (χ2n) is 5.26. The number of nitro benzene ring substituents is 1. The summed E-state index contributed by atoms with van der Waals surface area (Å²) in [5.74, 6) is 1.02. The van der Waals surface area contributed by atoms with E-state index in [1.807, 2.05) is 24.3 Å². The summed E-state index contributed by atoms with van der Waals surface area (Å²) in [5.41, 5.74) is 1.12. The number of carbonyl (C=O) groups is 1. The molecule has 0 aromatic heterocycles. The fraction of sp³-hybridized carbons (Fsp3) is 0.278. The third kappa shape index (κ3) is 6.14. The molecular weight excluding hydrogens is 326 g/mol. The molecule has 0 spiro atoms. The number of hydrogen-bond acceptors (Lipinski definition) is 6. The van der Waals surface area contributed by atoms with Gasteiger partial charge in [-0.15, -0.1) is 0 Å². The number of hydrogen-bond donors (Lipinski definition) is 0. The summed E-state index contributed by atoms with van der Waals surface area (Å²) in [7, 11) is 1.63. The van der Waals surface area contributed by atoms with Crippen molar-refractivity contribution in [2.24, 2.45) is 0 Å². The van der Waals surface area contributed by atoms with Crippen molar-refractivity contribution in [3.8, 4) is 11.5 Å². The van der Waals surface area contributed by atoms with E-state index in [4.69, 9.17) is 14.2 Å². The number of methoxy groups -OCH3 is 1. The number of unbranched alkanes of at least 4 members (excludes halogenated alkanes) is 1. The first-order valence-corrected chi connectivity index (χ1v) is 7.80. The molecular formula is C18H19NO6. The molecule has 0 atom stereocenters. The van der Waals surface area contributed by atoms with Crippen molar-refractivity contribution in [2.45, 2.75) is 19.3 Å². The Labute approximate surface area is 145 Å². The summed E-state index contributed by atoms with van der Waals surface area (Å²) in [6.45, 7) is 0.252. The van der Waals surface area contributed by atoms with E-state index in [9.17, 15) is 14.9 Å². The van der Waals surface area contributed by atoms with E-state index in [1.165, 1.54) is 29.8 Å². The molecule has 0 fully saturated rings. The number of nitro groups is 1. The smallest absolute Gasteiger partial charge is 0.497 e. The normalized spacial score (nSPS) is 10.1. The molecule has 7 nitrogen and oxygen atoms in total. The minimum absolute atomic E-state index is 0.0701. The Kier molecular flexibility index (Phi) is 6.76. The fourth-order valence-corrected chi connectivity index (χ4v) is 2.14. The average molecular weight is 345 g/mol. The molecule has 7 heteroatoms. The molecule has 0 saturated carbocycles. The first kappa shape index (κ1) is 18.3. The fourth-order valence-electron chi connectivity index (χ4n) is 2.14. The maximum Gasteiger partial charge on any atom is 0.513 e. The van der Waals surface area contributed by atoms with E-state index in [-0.39, 0.29) is 18.0 Å². The first-order valence-electron chi connectivity index (χ1n) is 7.80. The van der Waals surface area contributed by atoms with Crippen LogP contribution in [0.5, 0.6) is 11.5 Å². The van der Waals surface area contributed by atoms with Crippen LogP contribution in [-0.4, -0.2) is 24.8 Å². The number of carbonyl (C=O) groups excluding carboxylic acids is 1. The van der Waals surface area contributed by atoms with E-state index in [0.717, 1.165) is 18.6 Å². The number of rotatable bonds is 8. The van der Waals surface area contributed by atoms with Gasteiger partial charge in [0.1, 0.15) is 11.5 Å². The van der Waals surface area contributed by atoms with Gasteiger partial charge in [-0.05, 0) is 49.1 Å². The lowest BCUT2D eigenvalue weighted by atomic mass is 10.1. The van der Waals surface area contributed by atoms with Gasteiger partial charge in [-0.3, -0.25) is 10.1 Å². The molecule has 0 aliphatic rings. The molecule has 25 heavy (non-hydrogen) atoms. The monoisotopic (exact) mass is 345 g/mol. The van der Waals surface area contributed by atoms with Gasteiger partial charge in [0, 0.05) is 12.1 Å². The zero-order chi connectivity index (χ0) is 18.1. The van der Waals surface area contributed by atoms with E-state index in [0.29, 0.717) is 6.42 Å². The van der Waals surface area contributed by atoms with Crippen LogP contribution in [0.4, 0.5) is 10.5 Å². The SMILES string of the molecule is COc1ccc(CCCCOC(=O)Oc2ccc([N+](=O)[O-])cc2)cc1. The lowest BCUT2D eigenvalue weighted by Crippen LogP contribution is -2.11. The highest BCUT2D eigenvalue weighted by Crippen LogP contribution is 2.18. The lowest BCUT2D eigenvalue weighted by molar-refractivity contribution is -0.384. The van der Waals surface area contributed by atoms with Gasteiger partial charge < -0.3 is 14.2 Å². The summed E-state index contributed by atoms with van der Waals surface area (Å²) in [6.07, 6.45) is 1.64. The van der Waals surface area contributed by atoms with Crippen molar-refractivity contribution in [1.29, 1.82) is 0 Å². The molecule has 0 amide bonds. The number of non-ortho nitro benzene ring substituents is 1. The number of aryl methyl sites for hydroxylation is 1. The van der Waals surface area contributed by atoms with E-state index in [1.54, 1.807) is 7.11 Å². The molecule has 0 unspecified atom stereocenters. The summed E-state index contributed by atoms with van der Waals surface area (Å²) in [5, 5.41) is 10.5. The number of nitrogens with zero attached hydrogens (tertiary/aromatic N) is 1. The molecule has 0 saturated heterocycles. The van der Waals surface area contributed by atoms with Gasteiger partial charge >= 0.3 is 6.16 Å². The van der Waals surface area contributed by atoms with Gasteiger partial charge in [0.05, 0.1) is 18.6 Å². The van der Waals surface area contributed by atoms with Crippen molar-refractivity contribution in [3.05, 3.63) is 64.2 Å². The first-order chi connectivity index (χ1) is 12.1. The Bertz CT molecular complexity index is 697. The van der Waals surface area contributed by atoms with Crippen molar-refractivity contribution >= 4 is 11.8 Å². The minimum atomic E-state index is -0.821. The van der Waals surface area contributed by atoms with Crippen LogP contribution in [0.3, 0.4) is 0 Å². The van der Waals surface area contributed by atoms with Gasteiger partial charge in [-0.25, -0.2) is 4.79 Å². The third-order valence-corrected chi connectivity index (χ3v) is 3.49. The minimum Gasteiger partial charge on any atom is -0.497 e. The molecule has 2 aromatic rings. The van der Waals surface area contributed by atoms with Gasteiger partial charge in [0.2, 0.25) is 0 Å². The number of ether oxygens (including phenoxy) is 3. The number of benzene rings is 2. The van der Waals surface area contributed by atoms with Crippen molar-refractivity contribution in [3.63, 3.8) is 0 Å². The highest BCUT2D eigenvalue weighted by molar-refractivity contribution is 5.63. The van der Waals surface area contributed by atoms with Crippen molar-refractivity contribution in [1.82, 2.24) is 0 Å². The second kappa shape index (κ2) is 9.27. The molecule has 2 aromatic carbocycles. The van der Waals surface area contributed by atoms with Crippen molar-refractivity contribution in [2.75, 3.05) is 13.7 Å². The van der Waals surface area contributed by atoms with E-state index < -0.39 is 11.1 Å². The Morgan fingerprint density at radius 1 is 1.00 bits per heavy atom. The zero-order valence-corrected chi connectivity index (χ0v) is 13.8. The molecule has 0 heterocycles. The topological polar surface area (TPSA) is 87.9 Å². The van der Waals surface area contributed by atoms with Gasteiger partial charge in [-0.1, -0.05) is 12.1 Å². The quantitative estimate of drug-likeness (QED) is 0.235. The van der Waals surface area contributed by atoms with E-state index >= 15 is 0 Å². The Morgan fingerprint density at radius 3 is 2.24 bits per heavy atom. The van der Waals surface area contributed by atoms with Crippen molar-refractivity contribution < 1.29 is 23.9 Å². The summed E-state index contributed by atoms with van der Waals surface area (Å²) in [6, 6.07) is 13.0. The highest BCUT2D eigenvalue weighted by Gasteiger charge is 2.09. The summed E-state index contributed by atoms with van der Waals surface area (Å²) < 4.78 is 15.0. The van der Waals surface area contributed by atoms with Crippen LogP contribution in [-0.2, 0) is 11.2 Å². The maximum absolute atomic E-state index is 11.5. The molecule has 0 N–H and O–H groups in total. The molecule has 0 radical (unpaired) electrons. The zero-order valence-electron chi connectivity index (χ0n) is 13.8. The van der Waals surface area contributed by atoms with Crippen LogP contribution in [0.2, 0.25) is 0 Å². The Morgan fingerprint density at radius 2 is 1.64 bits per heavy atom. The van der Waals surface area contributed by atoms with Crippen LogP contribution in [0.25, 0.3) is 0 Å². The predicted octanol–water partition coefficient (Wildman–Crippen LogP) is 4.14. The van der Waals surface area contributed by atoms with Crippen LogP contribution < -0.4 is 9.47 Å². The van der Waals surface area contributed by atoms with Crippen LogP contribution >= 0.6 is 0 Å². The van der Waals surface area contributed by atoms with E-state index in [2.05, 4.69) is 0 Å². The molecule has 132 valence electrons. The average Bonchev–Trinajstić information content (AvgIpc) is 2.62. The third-order valence-electron chi connectivity index (χ3n) is 3.49. The lowest BCUT2D eigenvalue weighted by Gasteiger charge is -2.06. The largest absolute Gasteiger partial charge is 0.513 e. The molecule has 0 aliphatic carbocycles. The molecule has 2 rings (SSSR count). The Balaban J connectivity index is 1.63. The molecule has 0 bridgehead atoms. The standard InChI is InChI=1S/C18H19NO6/c1-23-16-9-5-14(6-10-16)4-2-3-13-24-18(20)25-17-11-7-15(8-12-17)19(21)22/h5-12H,2-4,13H2,1H3. The van der Waals surface area contributed by atoms with Gasteiger partial charge in [0.25, 0.3) is 5.69 Å². The Hall–Kier alpha value is -3.09.